The highest BCUT2D eigenvalue weighted by molar-refractivity contribution is 5.79. The quantitative estimate of drug-likeness (QED) is 0.870. The fourth-order valence-corrected chi connectivity index (χ4v) is 2.12. The molecule has 2 rings (SSSR count). The minimum absolute atomic E-state index is 0.0944. The smallest absolute Gasteiger partial charge is 0.340 e. The fraction of sp³-hybridized carbons (Fsp3) is 0.533. The lowest BCUT2D eigenvalue weighted by atomic mass is 9.91. The first kappa shape index (κ1) is 13.1. The Morgan fingerprint density at radius 1 is 1.39 bits per heavy atom. The Hall–Kier alpha value is -1.35. The van der Waals surface area contributed by atoms with Crippen molar-refractivity contribution in [2.24, 2.45) is 0 Å². The van der Waals surface area contributed by atoms with Crippen LogP contribution in [0.25, 0.3) is 0 Å². The molecule has 18 heavy (non-hydrogen) atoms. The van der Waals surface area contributed by atoms with Gasteiger partial charge in [0.2, 0.25) is 0 Å². The standard InChI is InChI=1S/C15H20O3/c1-3-11-7-9-12(10-8-11)15(2,14(16)17)18-13-5-4-6-13/h7-10,13H,3-6H2,1-2H3,(H,16,17). The summed E-state index contributed by atoms with van der Waals surface area (Å²) < 4.78 is 5.80. The van der Waals surface area contributed by atoms with Crippen molar-refractivity contribution in [1.29, 1.82) is 0 Å². The van der Waals surface area contributed by atoms with Crippen LogP contribution < -0.4 is 0 Å². The van der Waals surface area contributed by atoms with E-state index in [0.717, 1.165) is 31.2 Å². The van der Waals surface area contributed by atoms with Gasteiger partial charge < -0.3 is 9.84 Å². The number of aliphatic carboxylic acids is 1. The summed E-state index contributed by atoms with van der Waals surface area (Å²) in [4.78, 5) is 11.5. The molecule has 0 radical (unpaired) electrons. The van der Waals surface area contributed by atoms with Crippen LogP contribution in [0.2, 0.25) is 0 Å². The van der Waals surface area contributed by atoms with E-state index < -0.39 is 11.6 Å². The number of carboxylic acids is 1. The van der Waals surface area contributed by atoms with Gasteiger partial charge in [-0.25, -0.2) is 4.79 Å². The van der Waals surface area contributed by atoms with Crippen LogP contribution in [-0.4, -0.2) is 17.2 Å². The molecule has 0 spiro atoms. The molecule has 0 heterocycles. The summed E-state index contributed by atoms with van der Waals surface area (Å²) in [5, 5.41) is 9.46. The van der Waals surface area contributed by atoms with Crippen LogP contribution in [0.1, 0.15) is 44.2 Å². The Labute approximate surface area is 108 Å². The maximum absolute atomic E-state index is 11.5. The summed E-state index contributed by atoms with van der Waals surface area (Å²) in [6.45, 7) is 3.73. The van der Waals surface area contributed by atoms with E-state index in [-0.39, 0.29) is 6.10 Å². The normalized spacial score (nSPS) is 19.0. The third kappa shape index (κ3) is 2.41. The van der Waals surface area contributed by atoms with Gasteiger partial charge in [-0.05, 0) is 43.7 Å². The minimum Gasteiger partial charge on any atom is -0.479 e. The lowest BCUT2D eigenvalue weighted by molar-refractivity contribution is -0.179. The van der Waals surface area contributed by atoms with Crippen LogP contribution in [0.4, 0.5) is 0 Å². The average molecular weight is 248 g/mol. The third-order valence-electron chi connectivity index (χ3n) is 3.78. The molecule has 0 saturated heterocycles. The highest BCUT2D eigenvalue weighted by atomic mass is 16.5. The molecule has 0 bridgehead atoms. The Balaban J connectivity index is 2.23. The summed E-state index contributed by atoms with van der Waals surface area (Å²) in [6.07, 6.45) is 4.12. The van der Waals surface area contributed by atoms with Crippen molar-refractivity contribution < 1.29 is 14.6 Å². The van der Waals surface area contributed by atoms with Crippen LogP contribution in [0.3, 0.4) is 0 Å². The molecule has 0 aromatic heterocycles. The molecule has 1 aromatic carbocycles. The van der Waals surface area contributed by atoms with Gasteiger partial charge in [0.15, 0.2) is 5.60 Å². The van der Waals surface area contributed by atoms with Crippen LogP contribution in [0, 0.1) is 0 Å². The van der Waals surface area contributed by atoms with E-state index in [9.17, 15) is 9.90 Å². The van der Waals surface area contributed by atoms with Crippen molar-refractivity contribution in [3.05, 3.63) is 35.4 Å². The van der Waals surface area contributed by atoms with Crippen molar-refractivity contribution in [3.8, 4) is 0 Å². The summed E-state index contributed by atoms with van der Waals surface area (Å²) in [5.74, 6) is -0.918. The highest BCUT2D eigenvalue weighted by Gasteiger charge is 2.40. The molecule has 0 amide bonds. The van der Waals surface area contributed by atoms with E-state index in [4.69, 9.17) is 4.74 Å². The molecule has 1 unspecified atom stereocenters. The maximum atomic E-state index is 11.5. The Morgan fingerprint density at radius 3 is 2.39 bits per heavy atom. The zero-order valence-corrected chi connectivity index (χ0v) is 11.0. The van der Waals surface area contributed by atoms with Crippen LogP contribution in [0.15, 0.2) is 24.3 Å². The van der Waals surface area contributed by atoms with E-state index in [2.05, 4.69) is 6.92 Å². The second-order valence-electron chi connectivity index (χ2n) is 5.06. The molecular weight excluding hydrogens is 228 g/mol. The molecule has 3 heteroatoms. The zero-order chi connectivity index (χ0) is 13.2. The van der Waals surface area contributed by atoms with E-state index in [1.165, 1.54) is 5.56 Å². The molecule has 3 nitrogen and oxygen atoms in total. The number of ether oxygens (including phenoxy) is 1. The van der Waals surface area contributed by atoms with E-state index in [0.29, 0.717) is 0 Å². The number of hydrogen-bond acceptors (Lipinski definition) is 2. The van der Waals surface area contributed by atoms with Gasteiger partial charge in [0, 0.05) is 0 Å². The van der Waals surface area contributed by atoms with Gasteiger partial charge in [-0.1, -0.05) is 31.2 Å². The number of benzene rings is 1. The summed E-state index contributed by atoms with van der Waals surface area (Å²) >= 11 is 0. The molecule has 1 aliphatic carbocycles. The molecule has 1 atom stereocenters. The largest absolute Gasteiger partial charge is 0.479 e. The van der Waals surface area contributed by atoms with Crippen molar-refractivity contribution in [3.63, 3.8) is 0 Å². The Morgan fingerprint density at radius 2 is 2.00 bits per heavy atom. The molecule has 98 valence electrons. The van der Waals surface area contributed by atoms with Gasteiger partial charge in [0.1, 0.15) is 0 Å². The number of hydrogen-bond donors (Lipinski definition) is 1. The predicted molar refractivity (Wildman–Crippen MR) is 69.5 cm³/mol. The first-order chi connectivity index (χ1) is 8.56. The predicted octanol–water partition coefficient (Wildman–Crippen LogP) is 3.12. The van der Waals surface area contributed by atoms with Gasteiger partial charge in [-0.3, -0.25) is 0 Å². The number of carbonyl (C=O) groups is 1. The van der Waals surface area contributed by atoms with Gasteiger partial charge >= 0.3 is 5.97 Å². The minimum atomic E-state index is -1.22. The maximum Gasteiger partial charge on any atom is 0.340 e. The number of aryl methyl sites for hydroxylation is 1. The Kier molecular flexibility index (Phi) is 3.71. The Bertz CT molecular complexity index is 420. The van der Waals surface area contributed by atoms with Crippen molar-refractivity contribution in [2.75, 3.05) is 0 Å². The SMILES string of the molecule is CCc1ccc(C(C)(OC2CCC2)C(=O)O)cc1. The van der Waals surface area contributed by atoms with E-state index in [1.54, 1.807) is 6.92 Å². The molecule has 1 aromatic rings. The first-order valence-corrected chi connectivity index (χ1v) is 6.57. The lowest BCUT2D eigenvalue weighted by Crippen LogP contribution is -2.41. The zero-order valence-electron chi connectivity index (χ0n) is 11.0. The van der Waals surface area contributed by atoms with Crippen molar-refractivity contribution in [2.45, 2.75) is 51.2 Å². The molecule has 0 aliphatic heterocycles. The second kappa shape index (κ2) is 5.11. The molecular formula is C15H20O3. The monoisotopic (exact) mass is 248 g/mol. The molecule has 1 N–H and O–H groups in total. The number of carboxylic acid groups (broad SMARTS) is 1. The number of rotatable bonds is 5. The van der Waals surface area contributed by atoms with Gasteiger partial charge in [0.25, 0.3) is 0 Å². The topological polar surface area (TPSA) is 46.5 Å². The highest BCUT2D eigenvalue weighted by Crippen LogP contribution is 2.33. The summed E-state index contributed by atoms with van der Waals surface area (Å²) in [5.41, 5.74) is 0.700. The first-order valence-electron chi connectivity index (χ1n) is 6.57. The molecule has 1 fully saturated rings. The van der Waals surface area contributed by atoms with Crippen molar-refractivity contribution >= 4 is 5.97 Å². The lowest BCUT2D eigenvalue weighted by Gasteiger charge is -2.35. The molecule has 1 aliphatic rings. The van der Waals surface area contributed by atoms with Gasteiger partial charge in [0.05, 0.1) is 6.10 Å². The second-order valence-corrected chi connectivity index (χ2v) is 5.06. The third-order valence-corrected chi connectivity index (χ3v) is 3.78. The summed E-state index contributed by atoms with van der Waals surface area (Å²) in [7, 11) is 0. The van der Waals surface area contributed by atoms with Gasteiger partial charge in [-0.15, -0.1) is 0 Å². The van der Waals surface area contributed by atoms with Crippen LogP contribution in [-0.2, 0) is 21.6 Å². The summed E-state index contributed by atoms with van der Waals surface area (Å²) in [6, 6.07) is 7.68. The average Bonchev–Trinajstić information content (AvgIpc) is 2.33. The molecule has 1 saturated carbocycles. The van der Waals surface area contributed by atoms with E-state index >= 15 is 0 Å². The van der Waals surface area contributed by atoms with Crippen LogP contribution >= 0.6 is 0 Å². The van der Waals surface area contributed by atoms with Crippen LogP contribution in [0.5, 0.6) is 0 Å². The van der Waals surface area contributed by atoms with Crippen molar-refractivity contribution in [1.82, 2.24) is 0 Å². The van der Waals surface area contributed by atoms with E-state index in [1.807, 2.05) is 24.3 Å². The van der Waals surface area contributed by atoms with Gasteiger partial charge in [-0.2, -0.15) is 0 Å². The fourth-order valence-electron chi connectivity index (χ4n) is 2.12.